The highest BCUT2D eigenvalue weighted by molar-refractivity contribution is 14.1. The van der Waals surface area contributed by atoms with Gasteiger partial charge in [0, 0.05) is 8.12 Å². The minimum Gasteiger partial charge on any atom is -0.143 e. The molecule has 0 saturated heterocycles. The third-order valence-corrected chi connectivity index (χ3v) is 4.85. The van der Waals surface area contributed by atoms with Crippen molar-refractivity contribution < 1.29 is 0 Å². The number of hydrogen-bond acceptors (Lipinski definition) is 1. The van der Waals surface area contributed by atoms with Crippen LogP contribution in [-0.2, 0) is 3.42 Å². The van der Waals surface area contributed by atoms with Crippen molar-refractivity contribution in [2.75, 3.05) is 0 Å². The first-order valence-electron chi connectivity index (χ1n) is 5.31. The van der Waals surface area contributed by atoms with Crippen LogP contribution in [0.3, 0.4) is 0 Å². The Bertz CT molecular complexity index is 456. The summed E-state index contributed by atoms with van der Waals surface area (Å²) in [6.45, 7) is 4.59. The molecule has 0 N–H and O–H groups in total. The second-order valence-corrected chi connectivity index (χ2v) is 7.39. The van der Waals surface area contributed by atoms with E-state index in [0.717, 1.165) is 0 Å². The van der Waals surface area contributed by atoms with E-state index in [1.54, 1.807) is 0 Å². The number of fused-ring (bicyclic) bond motifs is 1. The van der Waals surface area contributed by atoms with Crippen LogP contribution in [-0.4, -0.2) is 0 Å². The third kappa shape index (κ3) is 2.21. The molecule has 80 valence electrons. The van der Waals surface area contributed by atoms with Crippen molar-refractivity contribution in [3.05, 3.63) is 35.2 Å². The van der Waals surface area contributed by atoms with Crippen molar-refractivity contribution >= 4 is 44.0 Å². The van der Waals surface area contributed by atoms with Gasteiger partial charge in [-0.1, -0.05) is 54.1 Å². The molecule has 0 radical (unpaired) electrons. The zero-order valence-corrected chi connectivity index (χ0v) is 12.1. The molecule has 0 bridgehead atoms. The van der Waals surface area contributed by atoms with Crippen LogP contribution in [0.2, 0.25) is 0 Å². The van der Waals surface area contributed by atoms with Crippen LogP contribution in [0.1, 0.15) is 32.3 Å². The lowest BCUT2D eigenvalue weighted by atomic mass is 9.96. The van der Waals surface area contributed by atoms with Crippen molar-refractivity contribution in [2.24, 2.45) is 0 Å². The predicted molar refractivity (Wildman–Crippen MR) is 78.1 cm³/mol. The van der Waals surface area contributed by atoms with Crippen LogP contribution in [0.4, 0.5) is 0 Å². The molecule has 2 rings (SSSR count). The predicted octanol–water partition coefficient (Wildman–Crippen LogP) is 5.35. The van der Waals surface area contributed by atoms with E-state index in [2.05, 4.69) is 66.1 Å². The number of hydrogen-bond donors (Lipinski definition) is 0. The summed E-state index contributed by atoms with van der Waals surface area (Å²) in [5.74, 6) is 0. The highest BCUT2D eigenvalue weighted by Gasteiger charge is 2.24. The molecular weight excluding hydrogens is 315 g/mol. The van der Waals surface area contributed by atoms with E-state index >= 15 is 0 Å². The van der Waals surface area contributed by atoms with Crippen LogP contribution in [0.5, 0.6) is 0 Å². The Morgan fingerprint density at radius 3 is 2.80 bits per heavy atom. The maximum absolute atomic E-state index is 2.59. The SMILES string of the molecule is CCCC(C)(I)c1csc2ccccc12. The maximum Gasteiger partial charge on any atom is 0.0456 e. The fourth-order valence-corrected chi connectivity index (χ4v) is 4.28. The zero-order chi connectivity index (χ0) is 10.9. The summed E-state index contributed by atoms with van der Waals surface area (Å²) in [5, 5.41) is 3.76. The number of alkyl halides is 1. The number of halogens is 1. The highest BCUT2D eigenvalue weighted by atomic mass is 127. The van der Waals surface area contributed by atoms with Gasteiger partial charge in [0.15, 0.2) is 0 Å². The highest BCUT2D eigenvalue weighted by Crippen LogP contribution is 2.42. The standard InChI is InChI=1S/C13H15IS/c1-3-8-13(2,14)11-9-15-12-7-5-4-6-10(11)12/h4-7,9H,3,8H2,1-2H3. The summed E-state index contributed by atoms with van der Waals surface area (Å²) >= 11 is 4.45. The smallest absolute Gasteiger partial charge is 0.0456 e. The molecule has 1 unspecified atom stereocenters. The second-order valence-electron chi connectivity index (χ2n) is 4.09. The molecule has 0 aliphatic carbocycles. The maximum atomic E-state index is 2.59. The molecule has 0 aliphatic rings. The fourth-order valence-electron chi connectivity index (χ4n) is 1.99. The summed E-state index contributed by atoms with van der Waals surface area (Å²) in [6.07, 6.45) is 2.48. The zero-order valence-electron chi connectivity index (χ0n) is 9.09. The fraction of sp³-hybridized carbons (Fsp3) is 0.385. The second kappa shape index (κ2) is 4.42. The molecule has 1 aromatic carbocycles. The van der Waals surface area contributed by atoms with E-state index in [9.17, 15) is 0 Å². The molecule has 1 atom stereocenters. The summed E-state index contributed by atoms with van der Waals surface area (Å²) in [6, 6.07) is 8.71. The molecule has 0 aliphatic heterocycles. The first-order chi connectivity index (χ1) is 7.15. The van der Waals surface area contributed by atoms with Crippen LogP contribution < -0.4 is 0 Å². The molecular formula is C13H15IS. The molecule has 0 saturated carbocycles. The van der Waals surface area contributed by atoms with Gasteiger partial charge in [0.05, 0.1) is 0 Å². The van der Waals surface area contributed by atoms with E-state index in [0.29, 0.717) is 0 Å². The van der Waals surface area contributed by atoms with E-state index < -0.39 is 0 Å². The van der Waals surface area contributed by atoms with Crippen molar-refractivity contribution in [1.29, 1.82) is 0 Å². The van der Waals surface area contributed by atoms with E-state index in [4.69, 9.17) is 0 Å². The van der Waals surface area contributed by atoms with Crippen LogP contribution in [0.15, 0.2) is 29.6 Å². The normalized spacial score (nSPS) is 15.4. The van der Waals surface area contributed by atoms with Gasteiger partial charge < -0.3 is 0 Å². The first kappa shape index (κ1) is 11.4. The lowest BCUT2D eigenvalue weighted by Gasteiger charge is -2.21. The van der Waals surface area contributed by atoms with E-state index in [1.807, 2.05) is 11.3 Å². The molecule has 15 heavy (non-hydrogen) atoms. The van der Waals surface area contributed by atoms with Crippen LogP contribution in [0, 0.1) is 0 Å². The lowest BCUT2D eigenvalue weighted by molar-refractivity contribution is 0.644. The Balaban J connectivity index is 2.52. The average Bonchev–Trinajstić information content (AvgIpc) is 2.61. The number of thiophene rings is 1. The van der Waals surface area contributed by atoms with Gasteiger partial charge in [0.25, 0.3) is 0 Å². The molecule has 0 fully saturated rings. The molecule has 1 heterocycles. The van der Waals surface area contributed by atoms with E-state index in [1.165, 1.54) is 28.5 Å². The Labute approximate surface area is 109 Å². The summed E-state index contributed by atoms with van der Waals surface area (Å²) in [4.78, 5) is 0. The minimum absolute atomic E-state index is 0.284. The number of benzene rings is 1. The molecule has 0 amide bonds. The monoisotopic (exact) mass is 330 g/mol. The summed E-state index contributed by atoms with van der Waals surface area (Å²) < 4.78 is 1.69. The molecule has 2 aromatic rings. The van der Waals surface area contributed by atoms with Crippen molar-refractivity contribution in [3.8, 4) is 0 Å². The van der Waals surface area contributed by atoms with Gasteiger partial charge in [-0.25, -0.2) is 0 Å². The van der Waals surface area contributed by atoms with Gasteiger partial charge in [-0.2, -0.15) is 0 Å². The lowest BCUT2D eigenvalue weighted by Crippen LogP contribution is -2.11. The van der Waals surface area contributed by atoms with Gasteiger partial charge in [-0.3, -0.25) is 0 Å². The number of rotatable bonds is 3. The minimum atomic E-state index is 0.284. The van der Waals surface area contributed by atoms with Gasteiger partial charge in [-0.15, -0.1) is 11.3 Å². The van der Waals surface area contributed by atoms with Crippen LogP contribution >= 0.6 is 33.9 Å². The van der Waals surface area contributed by atoms with E-state index in [-0.39, 0.29) is 3.42 Å². The Morgan fingerprint density at radius 2 is 2.07 bits per heavy atom. The van der Waals surface area contributed by atoms with Gasteiger partial charge in [-0.05, 0) is 35.7 Å². The molecule has 1 aromatic heterocycles. The van der Waals surface area contributed by atoms with Crippen molar-refractivity contribution in [3.63, 3.8) is 0 Å². The molecule has 0 spiro atoms. The van der Waals surface area contributed by atoms with Gasteiger partial charge in [0.2, 0.25) is 0 Å². The summed E-state index contributed by atoms with van der Waals surface area (Å²) in [5.41, 5.74) is 1.51. The quantitative estimate of drug-likeness (QED) is 0.525. The first-order valence-corrected chi connectivity index (χ1v) is 7.26. The van der Waals surface area contributed by atoms with Gasteiger partial charge >= 0.3 is 0 Å². The Kier molecular flexibility index (Phi) is 3.36. The Morgan fingerprint density at radius 1 is 1.33 bits per heavy atom. The van der Waals surface area contributed by atoms with Gasteiger partial charge in [0.1, 0.15) is 0 Å². The van der Waals surface area contributed by atoms with Crippen LogP contribution in [0.25, 0.3) is 10.1 Å². The largest absolute Gasteiger partial charge is 0.143 e. The summed E-state index contributed by atoms with van der Waals surface area (Å²) in [7, 11) is 0. The third-order valence-electron chi connectivity index (χ3n) is 2.76. The molecule has 2 heteroatoms. The molecule has 0 nitrogen and oxygen atoms in total. The average molecular weight is 330 g/mol. The van der Waals surface area contributed by atoms with Crippen molar-refractivity contribution in [1.82, 2.24) is 0 Å². The topological polar surface area (TPSA) is 0 Å². The van der Waals surface area contributed by atoms with Crippen molar-refractivity contribution in [2.45, 2.75) is 30.1 Å². The Hall–Kier alpha value is -0.0900.